The molecule has 2 aromatic rings. The third-order valence-corrected chi connectivity index (χ3v) is 3.69. The molecule has 0 unspecified atom stereocenters. The van der Waals surface area contributed by atoms with Gasteiger partial charge < -0.3 is 0 Å². The Labute approximate surface area is 111 Å². The lowest BCUT2D eigenvalue weighted by Gasteiger charge is -2.03. The largest absolute Gasteiger partial charge is 0.0616 e. The predicted molar refractivity (Wildman–Crippen MR) is 77.3 cm³/mol. The van der Waals surface area contributed by atoms with E-state index in [2.05, 4.69) is 93.7 Å². The van der Waals surface area contributed by atoms with Crippen LogP contribution in [0.1, 0.15) is 0 Å². The predicted octanol–water partition coefficient (Wildman–Crippen LogP) is 4.56. The highest BCUT2D eigenvalue weighted by Crippen LogP contribution is 2.25. The van der Waals surface area contributed by atoms with Crippen molar-refractivity contribution in [2.75, 3.05) is 0 Å². The lowest BCUT2D eigenvalue weighted by molar-refractivity contribution is 1.56. The summed E-state index contributed by atoms with van der Waals surface area (Å²) in [6.07, 6.45) is 0. The molecule has 2 aromatic carbocycles. The second-order valence-electron chi connectivity index (χ2n) is 2.99. The molecule has 0 aliphatic heterocycles. The highest BCUT2D eigenvalue weighted by Gasteiger charge is 2.00. The highest BCUT2D eigenvalue weighted by atomic mass is 127. The van der Waals surface area contributed by atoms with Crippen molar-refractivity contribution in [1.29, 1.82) is 0 Å². The summed E-state index contributed by atoms with van der Waals surface area (Å²) >= 11 is 4.69. The van der Waals surface area contributed by atoms with Crippen LogP contribution in [-0.2, 0) is 0 Å². The summed E-state index contributed by atoms with van der Waals surface area (Å²) in [5.41, 5.74) is 2.60. The Bertz CT molecular complexity index is 432. The molecule has 2 rings (SSSR count). The van der Waals surface area contributed by atoms with Gasteiger partial charge >= 0.3 is 0 Å². The third-order valence-electron chi connectivity index (χ3n) is 2.03. The fraction of sp³-hybridized carbons (Fsp3) is 0. The molecule has 0 nitrogen and oxygen atoms in total. The molecule has 70 valence electrons. The maximum Gasteiger partial charge on any atom is 0.0208 e. The number of hydrogen-bond donors (Lipinski definition) is 0. The first-order valence-electron chi connectivity index (χ1n) is 4.28. The number of rotatable bonds is 1. The van der Waals surface area contributed by atoms with E-state index in [1.165, 1.54) is 18.3 Å². The standard InChI is InChI=1S/C12H8I2/c13-10-7-5-9(6-8-10)11-3-1-2-4-12(11)14/h1-8H. The van der Waals surface area contributed by atoms with Crippen LogP contribution in [0.3, 0.4) is 0 Å². The van der Waals surface area contributed by atoms with Gasteiger partial charge in [-0.2, -0.15) is 0 Å². The smallest absolute Gasteiger partial charge is 0.0208 e. The summed E-state index contributed by atoms with van der Waals surface area (Å²) in [4.78, 5) is 0. The van der Waals surface area contributed by atoms with Crippen LogP contribution in [0.2, 0.25) is 0 Å². The Hall–Kier alpha value is -0.100. The summed E-state index contributed by atoms with van der Waals surface area (Å²) in [7, 11) is 0. The molecule has 0 aliphatic carbocycles. The zero-order valence-electron chi connectivity index (χ0n) is 7.37. The van der Waals surface area contributed by atoms with E-state index in [-0.39, 0.29) is 0 Å². The van der Waals surface area contributed by atoms with E-state index < -0.39 is 0 Å². The van der Waals surface area contributed by atoms with E-state index in [1.807, 2.05) is 0 Å². The monoisotopic (exact) mass is 406 g/mol. The molecule has 2 heteroatoms. The van der Waals surface area contributed by atoms with Crippen molar-refractivity contribution < 1.29 is 0 Å². The quantitative estimate of drug-likeness (QED) is 0.610. The summed E-state index contributed by atoms with van der Waals surface area (Å²) in [6.45, 7) is 0. The van der Waals surface area contributed by atoms with Gasteiger partial charge in [0.25, 0.3) is 0 Å². The van der Waals surface area contributed by atoms with Crippen LogP contribution >= 0.6 is 45.2 Å². The lowest BCUT2D eigenvalue weighted by Crippen LogP contribution is -1.81. The maximum absolute atomic E-state index is 2.37. The molecule has 0 aliphatic rings. The van der Waals surface area contributed by atoms with Gasteiger partial charge in [0.15, 0.2) is 0 Å². The molecule has 0 fully saturated rings. The van der Waals surface area contributed by atoms with Crippen LogP contribution in [0.4, 0.5) is 0 Å². The topological polar surface area (TPSA) is 0 Å². The van der Waals surface area contributed by atoms with Crippen LogP contribution in [0.25, 0.3) is 11.1 Å². The lowest BCUT2D eigenvalue weighted by atomic mass is 10.1. The fourth-order valence-electron chi connectivity index (χ4n) is 1.32. The van der Waals surface area contributed by atoms with E-state index >= 15 is 0 Å². The van der Waals surface area contributed by atoms with Crippen molar-refractivity contribution in [3.63, 3.8) is 0 Å². The van der Waals surface area contributed by atoms with Gasteiger partial charge in [-0.1, -0.05) is 30.3 Å². The van der Waals surface area contributed by atoms with E-state index in [9.17, 15) is 0 Å². The molecule has 0 atom stereocenters. The summed E-state index contributed by atoms with van der Waals surface area (Å²) in [6, 6.07) is 17.0. The molecule has 0 aromatic heterocycles. The van der Waals surface area contributed by atoms with Gasteiger partial charge in [-0.05, 0) is 74.5 Å². The van der Waals surface area contributed by atoms with Crippen LogP contribution in [0, 0.1) is 7.14 Å². The molecule has 0 N–H and O–H groups in total. The van der Waals surface area contributed by atoms with Gasteiger partial charge in [0.05, 0.1) is 0 Å². The van der Waals surface area contributed by atoms with E-state index in [0.717, 1.165) is 0 Å². The molecule has 0 spiro atoms. The average molecular weight is 406 g/mol. The first-order chi connectivity index (χ1) is 6.77. The highest BCUT2D eigenvalue weighted by molar-refractivity contribution is 14.1. The number of halogens is 2. The SMILES string of the molecule is Ic1ccc(-c2ccccc2I)cc1. The van der Waals surface area contributed by atoms with Gasteiger partial charge in [-0.3, -0.25) is 0 Å². The maximum atomic E-state index is 2.37. The summed E-state index contributed by atoms with van der Waals surface area (Å²) in [5.74, 6) is 0. The zero-order chi connectivity index (χ0) is 9.97. The first kappa shape index (κ1) is 10.4. The fourth-order valence-corrected chi connectivity index (χ4v) is 2.38. The van der Waals surface area contributed by atoms with Crippen molar-refractivity contribution in [3.8, 4) is 11.1 Å². The van der Waals surface area contributed by atoms with Crippen molar-refractivity contribution >= 4 is 45.2 Å². The second-order valence-corrected chi connectivity index (χ2v) is 5.39. The minimum Gasteiger partial charge on any atom is -0.0616 e. The first-order valence-corrected chi connectivity index (χ1v) is 6.43. The number of benzene rings is 2. The minimum atomic E-state index is 1.28. The molecule has 0 bridgehead atoms. The van der Waals surface area contributed by atoms with Crippen LogP contribution in [0.5, 0.6) is 0 Å². The summed E-state index contributed by atoms with van der Waals surface area (Å²) < 4.78 is 2.57. The van der Waals surface area contributed by atoms with Crippen molar-refractivity contribution in [2.45, 2.75) is 0 Å². The van der Waals surface area contributed by atoms with Crippen molar-refractivity contribution in [3.05, 3.63) is 55.7 Å². The zero-order valence-corrected chi connectivity index (χ0v) is 11.7. The molecule has 0 saturated heterocycles. The average Bonchev–Trinajstić information content (AvgIpc) is 2.20. The van der Waals surface area contributed by atoms with Gasteiger partial charge in [0.1, 0.15) is 0 Å². The molecular weight excluding hydrogens is 398 g/mol. The summed E-state index contributed by atoms with van der Waals surface area (Å²) in [5, 5.41) is 0. The van der Waals surface area contributed by atoms with Crippen LogP contribution < -0.4 is 0 Å². The number of hydrogen-bond acceptors (Lipinski definition) is 0. The van der Waals surface area contributed by atoms with Gasteiger partial charge in [-0.25, -0.2) is 0 Å². The van der Waals surface area contributed by atoms with E-state index in [1.54, 1.807) is 0 Å². The van der Waals surface area contributed by atoms with Gasteiger partial charge in [-0.15, -0.1) is 0 Å². The Morgan fingerprint density at radius 2 is 1.36 bits per heavy atom. The third kappa shape index (κ3) is 2.28. The normalized spacial score (nSPS) is 10.1. The molecular formula is C12H8I2. The molecule has 14 heavy (non-hydrogen) atoms. The second kappa shape index (κ2) is 4.61. The van der Waals surface area contributed by atoms with Gasteiger partial charge in [0, 0.05) is 7.14 Å². The van der Waals surface area contributed by atoms with Crippen molar-refractivity contribution in [1.82, 2.24) is 0 Å². The minimum absolute atomic E-state index is 1.28. The molecule has 0 saturated carbocycles. The Balaban J connectivity index is 2.50. The molecule has 0 amide bonds. The Morgan fingerprint density at radius 1 is 0.714 bits per heavy atom. The van der Waals surface area contributed by atoms with Crippen LogP contribution in [0.15, 0.2) is 48.5 Å². The van der Waals surface area contributed by atoms with Crippen LogP contribution in [-0.4, -0.2) is 0 Å². The van der Waals surface area contributed by atoms with Gasteiger partial charge in [0.2, 0.25) is 0 Å². The Morgan fingerprint density at radius 3 is 2.00 bits per heavy atom. The Kier molecular flexibility index (Phi) is 3.43. The van der Waals surface area contributed by atoms with E-state index in [0.29, 0.717) is 0 Å². The van der Waals surface area contributed by atoms with Crippen molar-refractivity contribution in [2.24, 2.45) is 0 Å². The molecule has 0 heterocycles. The molecule has 0 radical (unpaired) electrons. The van der Waals surface area contributed by atoms with E-state index in [4.69, 9.17) is 0 Å².